The van der Waals surface area contributed by atoms with E-state index >= 15 is 0 Å². The van der Waals surface area contributed by atoms with Crippen molar-refractivity contribution in [2.45, 2.75) is 12.8 Å². The van der Waals surface area contributed by atoms with Gasteiger partial charge in [0.2, 0.25) is 0 Å². The molecule has 0 unspecified atom stereocenters. The van der Waals surface area contributed by atoms with Crippen LogP contribution >= 0.6 is 0 Å². The van der Waals surface area contributed by atoms with E-state index in [0.717, 1.165) is 12.5 Å². The van der Waals surface area contributed by atoms with E-state index in [9.17, 15) is 9.90 Å². The lowest BCUT2D eigenvalue weighted by Crippen LogP contribution is -2.27. The summed E-state index contributed by atoms with van der Waals surface area (Å²) in [6.45, 7) is 1.30. The number of hydrogen-bond acceptors (Lipinski definition) is 4. The van der Waals surface area contributed by atoms with Crippen LogP contribution < -0.4 is 0 Å². The summed E-state index contributed by atoms with van der Waals surface area (Å²) < 4.78 is 0. The second kappa shape index (κ2) is 4.75. The van der Waals surface area contributed by atoms with Gasteiger partial charge in [0.25, 0.3) is 0 Å². The average molecular weight is 235 g/mol. The quantitative estimate of drug-likeness (QED) is 0.601. The lowest BCUT2D eigenvalue weighted by Gasteiger charge is -2.15. The minimum atomic E-state index is -0.249. The molecule has 0 atom stereocenters. The summed E-state index contributed by atoms with van der Waals surface area (Å²) in [5.74, 6) is 0.262. The van der Waals surface area contributed by atoms with Crippen LogP contribution in [0.25, 0.3) is 0 Å². The zero-order chi connectivity index (χ0) is 12.4. The summed E-state index contributed by atoms with van der Waals surface area (Å²) in [5.41, 5.74) is 0.433. The molecule has 0 saturated heterocycles. The first-order valence-electron chi connectivity index (χ1n) is 5.80. The number of Topliss-reactive ketones (excluding diaryl/α,β-unsaturated/α-hetero) is 1. The number of rotatable bonds is 5. The second-order valence-corrected chi connectivity index (χ2v) is 4.77. The van der Waals surface area contributed by atoms with Crippen molar-refractivity contribution in [1.82, 2.24) is 4.90 Å². The summed E-state index contributed by atoms with van der Waals surface area (Å²) in [7, 11) is 1.93. The van der Waals surface area contributed by atoms with E-state index in [1.807, 2.05) is 11.9 Å². The number of carbonyl (C=O) groups excluding carboxylic acids is 1. The van der Waals surface area contributed by atoms with Crippen molar-refractivity contribution in [2.75, 3.05) is 20.1 Å². The number of phenols is 2. The van der Waals surface area contributed by atoms with Crippen molar-refractivity contribution in [2.24, 2.45) is 5.92 Å². The molecule has 4 nitrogen and oxygen atoms in total. The smallest absolute Gasteiger partial charge is 0.176 e. The Kier molecular flexibility index (Phi) is 3.33. The van der Waals surface area contributed by atoms with Crippen LogP contribution in [0.1, 0.15) is 23.2 Å². The standard InChI is InChI=1S/C13H17NO3/c1-14(7-9-2-3-9)8-13(17)10-4-5-11(15)12(16)6-10/h4-6,9,15-16H,2-3,7-8H2,1H3. The first-order valence-corrected chi connectivity index (χ1v) is 5.80. The monoisotopic (exact) mass is 235 g/mol. The normalized spacial score (nSPS) is 15.2. The molecular weight excluding hydrogens is 218 g/mol. The van der Waals surface area contributed by atoms with Gasteiger partial charge in [-0.25, -0.2) is 0 Å². The Morgan fingerprint density at radius 2 is 2.06 bits per heavy atom. The molecule has 2 N–H and O–H groups in total. The lowest BCUT2D eigenvalue weighted by molar-refractivity contribution is 0.0943. The molecule has 0 aromatic heterocycles. The molecule has 1 fully saturated rings. The van der Waals surface area contributed by atoms with Gasteiger partial charge in [0.15, 0.2) is 17.3 Å². The number of phenolic OH excluding ortho intramolecular Hbond substituents is 2. The topological polar surface area (TPSA) is 60.8 Å². The Morgan fingerprint density at radius 3 is 2.65 bits per heavy atom. The van der Waals surface area contributed by atoms with Crippen molar-refractivity contribution >= 4 is 5.78 Å². The van der Waals surface area contributed by atoms with Crippen molar-refractivity contribution in [3.63, 3.8) is 0 Å². The SMILES string of the molecule is CN(CC(=O)c1ccc(O)c(O)c1)CC1CC1. The van der Waals surface area contributed by atoms with Crippen molar-refractivity contribution < 1.29 is 15.0 Å². The van der Waals surface area contributed by atoms with E-state index in [1.54, 1.807) is 0 Å². The van der Waals surface area contributed by atoms with Gasteiger partial charge < -0.3 is 10.2 Å². The maximum atomic E-state index is 11.9. The van der Waals surface area contributed by atoms with E-state index in [-0.39, 0.29) is 17.3 Å². The van der Waals surface area contributed by atoms with E-state index in [2.05, 4.69) is 0 Å². The van der Waals surface area contributed by atoms with E-state index < -0.39 is 0 Å². The Hall–Kier alpha value is -1.55. The minimum Gasteiger partial charge on any atom is -0.504 e. The number of hydrogen-bond donors (Lipinski definition) is 2. The minimum absolute atomic E-state index is 0.0385. The van der Waals surface area contributed by atoms with Gasteiger partial charge in [-0.1, -0.05) is 0 Å². The summed E-state index contributed by atoms with van der Waals surface area (Å²) in [4.78, 5) is 13.9. The van der Waals surface area contributed by atoms with Crippen molar-refractivity contribution in [1.29, 1.82) is 0 Å². The van der Waals surface area contributed by atoms with Crippen molar-refractivity contribution in [3.8, 4) is 11.5 Å². The lowest BCUT2D eigenvalue weighted by atomic mass is 10.1. The van der Waals surface area contributed by atoms with Crippen molar-refractivity contribution in [3.05, 3.63) is 23.8 Å². The van der Waals surface area contributed by atoms with Crippen LogP contribution in [0.2, 0.25) is 0 Å². The highest BCUT2D eigenvalue weighted by Crippen LogP contribution is 2.29. The van der Waals surface area contributed by atoms with E-state index in [1.165, 1.54) is 31.0 Å². The molecule has 1 saturated carbocycles. The zero-order valence-electron chi connectivity index (χ0n) is 9.89. The molecule has 4 heteroatoms. The third-order valence-electron chi connectivity index (χ3n) is 2.98. The number of benzene rings is 1. The van der Waals surface area contributed by atoms with Crippen LogP contribution in [-0.4, -0.2) is 41.0 Å². The fourth-order valence-electron chi connectivity index (χ4n) is 1.84. The summed E-state index contributed by atoms with van der Waals surface area (Å²) in [5, 5.41) is 18.5. The van der Waals surface area contributed by atoms with Gasteiger partial charge >= 0.3 is 0 Å². The fourth-order valence-corrected chi connectivity index (χ4v) is 1.84. The van der Waals surface area contributed by atoms with Crippen LogP contribution in [0.15, 0.2) is 18.2 Å². The predicted molar refractivity (Wildman–Crippen MR) is 64.3 cm³/mol. The number of aromatic hydroxyl groups is 2. The first-order chi connectivity index (χ1) is 8.06. The predicted octanol–water partition coefficient (Wildman–Crippen LogP) is 1.62. The molecule has 1 aromatic rings. The molecule has 1 aromatic carbocycles. The molecule has 17 heavy (non-hydrogen) atoms. The van der Waals surface area contributed by atoms with Crippen LogP contribution in [0.5, 0.6) is 11.5 Å². The molecule has 1 aliphatic rings. The summed E-state index contributed by atoms with van der Waals surface area (Å²) in [6.07, 6.45) is 2.52. The maximum Gasteiger partial charge on any atom is 0.176 e. The van der Waals surface area contributed by atoms with Gasteiger partial charge in [-0.15, -0.1) is 0 Å². The molecule has 0 spiro atoms. The number of ketones is 1. The van der Waals surface area contributed by atoms with Crippen LogP contribution in [-0.2, 0) is 0 Å². The first kappa shape index (κ1) is 11.9. The van der Waals surface area contributed by atoms with Gasteiger partial charge in [-0.05, 0) is 44.0 Å². The number of nitrogens with zero attached hydrogens (tertiary/aromatic N) is 1. The Labute approximate surface area is 100 Å². The Morgan fingerprint density at radius 1 is 1.35 bits per heavy atom. The molecular formula is C13H17NO3. The molecule has 92 valence electrons. The zero-order valence-corrected chi connectivity index (χ0v) is 9.89. The largest absolute Gasteiger partial charge is 0.504 e. The fraction of sp³-hybridized carbons (Fsp3) is 0.462. The Balaban J connectivity index is 1.95. The molecule has 0 heterocycles. The van der Waals surface area contributed by atoms with Gasteiger partial charge in [0.05, 0.1) is 6.54 Å². The number of likely N-dealkylation sites (N-methyl/N-ethyl adjacent to an activating group) is 1. The van der Waals surface area contributed by atoms with Crippen LogP contribution in [0.3, 0.4) is 0 Å². The van der Waals surface area contributed by atoms with Gasteiger partial charge in [0, 0.05) is 12.1 Å². The van der Waals surface area contributed by atoms with E-state index in [0.29, 0.717) is 12.1 Å². The number of carbonyl (C=O) groups is 1. The molecule has 0 amide bonds. The molecule has 0 bridgehead atoms. The molecule has 1 aliphatic carbocycles. The highest BCUT2D eigenvalue weighted by molar-refractivity contribution is 5.98. The second-order valence-electron chi connectivity index (χ2n) is 4.77. The van der Waals surface area contributed by atoms with Crippen LogP contribution in [0, 0.1) is 5.92 Å². The third kappa shape index (κ3) is 3.20. The highest BCUT2D eigenvalue weighted by Gasteiger charge is 2.23. The maximum absolute atomic E-state index is 11.9. The van der Waals surface area contributed by atoms with Crippen LogP contribution in [0.4, 0.5) is 0 Å². The van der Waals surface area contributed by atoms with E-state index in [4.69, 9.17) is 5.11 Å². The summed E-state index contributed by atoms with van der Waals surface area (Å²) >= 11 is 0. The Bertz CT molecular complexity index is 427. The third-order valence-corrected chi connectivity index (χ3v) is 2.98. The van der Waals surface area contributed by atoms with Gasteiger partial charge in [-0.3, -0.25) is 9.69 Å². The molecule has 2 rings (SSSR count). The molecule has 0 aliphatic heterocycles. The van der Waals surface area contributed by atoms with Gasteiger partial charge in [-0.2, -0.15) is 0 Å². The highest BCUT2D eigenvalue weighted by atomic mass is 16.3. The molecule has 0 radical (unpaired) electrons. The van der Waals surface area contributed by atoms with Gasteiger partial charge in [0.1, 0.15) is 0 Å². The summed E-state index contributed by atoms with van der Waals surface area (Å²) in [6, 6.07) is 4.18. The average Bonchev–Trinajstić information content (AvgIpc) is 3.05.